The normalized spacial score (nSPS) is 20.2. The Morgan fingerprint density at radius 3 is 3.06 bits per heavy atom. The number of nitrogens with zero attached hydrogens (tertiary/aromatic N) is 2. The number of pyridine rings is 1. The summed E-state index contributed by atoms with van der Waals surface area (Å²) in [5.74, 6) is 1.88. The molecular weight excluding hydrogens is 290 g/mol. The fourth-order valence-corrected chi connectivity index (χ4v) is 2.72. The molecule has 0 amide bonds. The van der Waals surface area contributed by atoms with E-state index in [9.17, 15) is 0 Å². The summed E-state index contributed by atoms with van der Waals surface area (Å²) in [6, 6.07) is 4.22. The summed E-state index contributed by atoms with van der Waals surface area (Å²) in [6.45, 7) is 8.67. The molecule has 0 aliphatic carbocycles. The second kappa shape index (κ2) is 6.53. The minimum absolute atomic E-state index is 0.754. The zero-order chi connectivity index (χ0) is 13.0. The molecule has 3 nitrogen and oxygen atoms in total. The van der Waals surface area contributed by atoms with Gasteiger partial charge in [0, 0.05) is 17.6 Å². The molecule has 0 aromatic carbocycles. The highest BCUT2D eigenvalue weighted by molar-refractivity contribution is 9.10. The Kier molecular flexibility index (Phi) is 5.01. The number of aromatic nitrogens is 1. The van der Waals surface area contributed by atoms with Gasteiger partial charge in [0.15, 0.2) is 0 Å². The van der Waals surface area contributed by atoms with Crippen LogP contribution in [-0.4, -0.2) is 31.2 Å². The zero-order valence-electron chi connectivity index (χ0n) is 11.2. The summed E-state index contributed by atoms with van der Waals surface area (Å²) in [6.07, 6.45) is 2.60. The minimum Gasteiger partial charge on any atom is -0.356 e. The number of piperidine rings is 1. The van der Waals surface area contributed by atoms with Gasteiger partial charge in [0.05, 0.1) is 5.69 Å². The van der Waals surface area contributed by atoms with E-state index < -0.39 is 0 Å². The Bertz CT molecular complexity index is 395. The highest BCUT2D eigenvalue weighted by Crippen LogP contribution is 2.24. The maximum atomic E-state index is 4.67. The van der Waals surface area contributed by atoms with Gasteiger partial charge in [-0.15, -0.1) is 0 Å². The standard InChI is InChI=1S/C14H22BrN3/c1-3-16-9-12-5-4-8-18(10-12)14-7-6-13(15)11(2)17-14/h6-7,12,16H,3-5,8-10H2,1-2H3. The van der Waals surface area contributed by atoms with Crippen molar-refractivity contribution < 1.29 is 0 Å². The van der Waals surface area contributed by atoms with Gasteiger partial charge in [-0.3, -0.25) is 0 Å². The van der Waals surface area contributed by atoms with Crippen LogP contribution in [-0.2, 0) is 0 Å². The fraction of sp³-hybridized carbons (Fsp3) is 0.643. The lowest BCUT2D eigenvalue weighted by atomic mass is 9.98. The quantitative estimate of drug-likeness (QED) is 0.926. The molecule has 1 aliphatic heterocycles. The van der Waals surface area contributed by atoms with E-state index in [2.05, 4.69) is 50.2 Å². The van der Waals surface area contributed by atoms with E-state index in [1.165, 1.54) is 12.8 Å². The first-order valence-electron chi connectivity index (χ1n) is 6.79. The predicted octanol–water partition coefficient (Wildman–Crippen LogP) is 2.98. The first-order chi connectivity index (χ1) is 8.70. The summed E-state index contributed by atoms with van der Waals surface area (Å²) >= 11 is 3.51. The van der Waals surface area contributed by atoms with Gasteiger partial charge in [0.25, 0.3) is 0 Å². The van der Waals surface area contributed by atoms with Crippen molar-refractivity contribution in [1.29, 1.82) is 0 Å². The molecule has 1 N–H and O–H groups in total. The lowest BCUT2D eigenvalue weighted by Crippen LogP contribution is -2.40. The smallest absolute Gasteiger partial charge is 0.128 e. The van der Waals surface area contributed by atoms with Crippen LogP contribution in [0.5, 0.6) is 0 Å². The lowest BCUT2D eigenvalue weighted by molar-refractivity contribution is 0.394. The molecule has 100 valence electrons. The summed E-state index contributed by atoms with van der Waals surface area (Å²) in [5, 5.41) is 3.46. The molecule has 0 radical (unpaired) electrons. The molecule has 1 saturated heterocycles. The molecule has 1 aliphatic rings. The number of rotatable bonds is 4. The van der Waals surface area contributed by atoms with Gasteiger partial charge < -0.3 is 10.2 Å². The van der Waals surface area contributed by atoms with Crippen LogP contribution in [0.25, 0.3) is 0 Å². The van der Waals surface area contributed by atoms with Crippen molar-refractivity contribution in [1.82, 2.24) is 10.3 Å². The maximum Gasteiger partial charge on any atom is 0.128 e. The van der Waals surface area contributed by atoms with Gasteiger partial charge in [0.1, 0.15) is 5.82 Å². The SMILES string of the molecule is CCNCC1CCCN(c2ccc(Br)c(C)n2)C1. The van der Waals surface area contributed by atoms with Crippen molar-refractivity contribution in [2.75, 3.05) is 31.1 Å². The Morgan fingerprint density at radius 1 is 1.50 bits per heavy atom. The van der Waals surface area contributed by atoms with Gasteiger partial charge >= 0.3 is 0 Å². The first kappa shape index (κ1) is 13.8. The highest BCUT2D eigenvalue weighted by Gasteiger charge is 2.20. The topological polar surface area (TPSA) is 28.2 Å². The van der Waals surface area contributed by atoms with Crippen molar-refractivity contribution in [2.45, 2.75) is 26.7 Å². The monoisotopic (exact) mass is 311 g/mol. The third-order valence-corrected chi connectivity index (χ3v) is 4.37. The van der Waals surface area contributed by atoms with E-state index in [4.69, 9.17) is 0 Å². The summed E-state index contributed by atoms with van der Waals surface area (Å²) < 4.78 is 1.09. The van der Waals surface area contributed by atoms with Crippen LogP contribution in [0.1, 0.15) is 25.5 Å². The van der Waals surface area contributed by atoms with Crippen molar-refractivity contribution in [3.63, 3.8) is 0 Å². The van der Waals surface area contributed by atoms with Crippen LogP contribution >= 0.6 is 15.9 Å². The predicted molar refractivity (Wildman–Crippen MR) is 80.2 cm³/mol. The number of nitrogens with one attached hydrogen (secondary N) is 1. The maximum absolute atomic E-state index is 4.67. The molecule has 1 atom stereocenters. The van der Waals surface area contributed by atoms with Crippen LogP contribution in [0.15, 0.2) is 16.6 Å². The molecule has 2 heterocycles. The van der Waals surface area contributed by atoms with Crippen LogP contribution in [0.4, 0.5) is 5.82 Å². The molecule has 1 aromatic heterocycles. The van der Waals surface area contributed by atoms with E-state index >= 15 is 0 Å². The Balaban J connectivity index is 2.01. The van der Waals surface area contributed by atoms with Gasteiger partial charge in [0.2, 0.25) is 0 Å². The Labute approximate surface area is 118 Å². The number of hydrogen-bond acceptors (Lipinski definition) is 3. The molecule has 2 rings (SSSR count). The van der Waals surface area contributed by atoms with E-state index in [-0.39, 0.29) is 0 Å². The lowest BCUT2D eigenvalue weighted by Gasteiger charge is -2.34. The van der Waals surface area contributed by atoms with Crippen LogP contribution in [0.2, 0.25) is 0 Å². The van der Waals surface area contributed by atoms with Gasteiger partial charge in [-0.05, 0) is 66.8 Å². The second-order valence-corrected chi connectivity index (χ2v) is 5.85. The molecule has 0 bridgehead atoms. The average Bonchev–Trinajstić information content (AvgIpc) is 2.40. The zero-order valence-corrected chi connectivity index (χ0v) is 12.8. The van der Waals surface area contributed by atoms with Crippen molar-refractivity contribution in [2.24, 2.45) is 5.92 Å². The van der Waals surface area contributed by atoms with Crippen LogP contribution < -0.4 is 10.2 Å². The molecule has 0 spiro atoms. The molecule has 1 aromatic rings. The third kappa shape index (κ3) is 3.45. The van der Waals surface area contributed by atoms with Crippen LogP contribution in [0, 0.1) is 12.8 Å². The van der Waals surface area contributed by atoms with E-state index in [0.29, 0.717) is 0 Å². The van der Waals surface area contributed by atoms with Gasteiger partial charge in [-0.1, -0.05) is 6.92 Å². The van der Waals surface area contributed by atoms with E-state index in [1.54, 1.807) is 0 Å². The molecular formula is C14H22BrN3. The Morgan fingerprint density at radius 2 is 2.33 bits per heavy atom. The van der Waals surface area contributed by atoms with E-state index in [0.717, 1.165) is 48.1 Å². The highest BCUT2D eigenvalue weighted by atomic mass is 79.9. The van der Waals surface area contributed by atoms with Gasteiger partial charge in [-0.2, -0.15) is 0 Å². The van der Waals surface area contributed by atoms with Crippen molar-refractivity contribution in [3.8, 4) is 0 Å². The molecule has 18 heavy (non-hydrogen) atoms. The summed E-state index contributed by atoms with van der Waals surface area (Å²) in [7, 11) is 0. The fourth-order valence-electron chi connectivity index (χ4n) is 2.50. The Hall–Kier alpha value is -0.610. The van der Waals surface area contributed by atoms with Crippen molar-refractivity contribution in [3.05, 3.63) is 22.3 Å². The third-order valence-electron chi connectivity index (χ3n) is 3.53. The first-order valence-corrected chi connectivity index (χ1v) is 7.58. The molecule has 4 heteroatoms. The molecule has 1 fully saturated rings. The van der Waals surface area contributed by atoms with Crippen LogP contribution in [0.3, 0.4) is 0 Å². The number of aryl methyl sites for hydroxylation is 1. The van der Waals surface area contributed by atoms with Crippen molar-refractivity contribution >= 4 is 21.7 Å². The minimum atomic E-state index is 0.754. The number of hydrogen-bond donors (Lipinski definition) is 1. The van der Waals surface area contributed by atoms with Gasteiger partial charge in [-0.25, -0.2) is 4.98 Å². The van der Waals surface area contributed by atoms with E-state index in [1.807, 2.05) is 6.92 Å². The average molecular weight is 312 g/mol. The molecule has 0 saturated carbocycles. The summed E-state index contributed by atoms with van der Waals surface area (Å²) in [5.41, 5.74) is 1.07. The largest absolute Gasteiger partial charge is 0.356 e. The molecule has 1 unspecified atom stereocenters. The second-order valence-electron chi connectivity index (χ2n) is 5.00. The number of anilines is 1. The summed E-state index contributed by atoms with van der Waals surface area (Å²) in [4.78, 5) is 7.09. The number of halogens is 1.